The fraction of sp³-hybridized carbons (Fsp3) is 1.00. The number of unbranched alkanes of at least 4 members (excludes halogenated alkanes) is 5. The van der Waals surface area contributed by atoms with Crippen LogP contribution in [-0.4, -0.2) is 0 Å². The van der Waals surface area contributed by atoms with Gasteiger partial charge in [0.1, 0.15) is 0 Å². The highest BCUT2D eigenvalue weighted by atomic mass is 14.4. The van der Waals surface area contributed by atoms with Crippen molar-refractivity contribution in [3.8, 4) is 0 Å². The van der Waals surface area contributed by atoms with Gasteiger partial charge in [-0.25, -0.2) is 0 Å². The second kappa shape index (κ2) is 7.44. The monoisotopic (exact) mass is 236 g/mol. The Kier molecular flexibility index (Phi) is 5.88. The summed E-state index contributed by atoms with van der Waals surface area (Å²) in [7, 11) is 0. The quantitative estimate of drug-likeness (QED) is 0.434. The zero-order valence-corrected chi connectivity index (χ0v) is 11.9. The van der Waals surface area contributed by atoms with E-state index in [0.717, 1.165) is 17.8 Å². The molecule has 100 valence electrons. The summed E-state index contributed by atoms with van der Waals surface area (Å²) in [6, 6.07) is 0. The molecule has 0 saturated heterocycles. The van der Waals surface area contributed by atoms with Crippen LogP contribution in [0.2, 0.25) is 0 Å². The molecule has 0 aromatic heterocycles. The Balaban J connectivity index is 1.57. The highest BCUT2D eigenvalue weighted by Crippen LogP contribution is 2.47. The number of rotatable bonds is 9. The number of hydrogen-bond donors (Lipinski definition) is 0. The molecule has 0 aromatic carbocycles. The lowest BCUT2D eigenvalue weighted by molar-refractivity contribution is 0.273. The van der Waals surface area contributed by atoms with Gasteiger partial charge in [-0.2, -0.15) is 0 Å². The molecule has 0 bridgehead atoms. The SMILES string of the molecule is CCCCCCCCC(C1CCCC1)C1CC1. The Morgan fingerprint density at radius 3 is 2.00 bits per heavy atom. The van der Waals surface area contributed by atoms with Gasteiger partial charge < -0.3 is 0 Å². The smallest absolute Gasteiger partial charge is 0.0357 e. The maximum Gasteiger partial charge on any atom is -0.0357 e. The molecule has 0 aliphatic heterocycles. The first kappa shape index (κ1) is 13.4. The van der Waals surface area contributed by atoms with Crippen molar-refractivity contribution in [2.45, 2.75) is 90.4 Å². The van der Waals surface area contributed by atoms with Gasteiger partial charge in [-0.05, 0) is 37.0 Å². The van der Waals surface area contributed by atoms with Crippen molar-refractivity contribution in [2.75, 3.05) is 0 Å². The van der Waals surface area contributed by atoms with Crippen LogP contribution in [0.1, 0.15) is 90.4 Å². The van der Waals surface area contributed by atoms with Crippen molar-refractivity contribution in [1.82, 2.24) is 0 Å². The third-order valence-corrected chi connectivity index (χ3v) is 5.12. The molecular formula is C17H32. The molecule has 0 aromatic rings. The molecule has 2 rings (SSSR count). The second-order valence-corrected chi connectivity index (χ2v) is 6.60. The summed E-state index contributed by atoms with van der Waals surface area (Å²) in [5, 5.41) is 0. The Morgan fingerprint density at radius 2 is 1.35 bits per heavy atom. The predicted octanol–water partition coefficient (Wildman–Crippen LogP) is 5.95. The summed E-state index contributed by atoms with van der Waals surface area (Å²) < 4.78 is 0. The van der Waals surface area contributed by atoms with Crippen molar-refractivity contribution in [1.29, 1.82) is 0 Å². The van der Waals surface area contributed by atoms with Crippen molar-refractivity contribution in [3.63, 3.8) is 0 Å². The maximum atomic E-state index is 2.31. The van der Waals surface area contributed by atoms with E-state index in [1.54, 1.807) is 32.1 Å². The predicted molar refractivity (Wildman–Crippen MR) is 76.2 cm³/mol. The maximum absolute atomic E-state index is 2.31. The molecule has 2 aliphatic rings. The van der Waals surface area contributed by atoms with Crippen LogP contribution in [0.15, 0.2) is 0 Å². The summed E-state index contributed by atoms with van der Waals surface area (Å²) in [5.74, 6) is 3.44. The van der Waals surface area contributed by atoms with Gasteiger partial charge in [0.15, 0.2) is 0 Å². The Morgan fingerprint density at radius 1 is 0.765 bits per heavy atom. The van der Waals surface area contributed by atoms with Crippen molar-refractivity contribution < 1.29 is 0 Å². The van der Waals surface area contributed by atoms with Gasteiger partial charge in [0.05, 0.1) is 0 Å². The lowest BCUT2D eigenvalue weighted by Gasteiger charge is -2.23. The molecule has 17 heavy (non-hydrogen) atoms. The van der Waals surface area contributed by atoms with E-state index in [1.807, 2.05) is 0 Å². The van der Waals surface area contributed by atoms with Gasteiger partial charge >= 0.3 is 0 Å². The minimum absolute atomic E-state index is 1.14. The minimum Gasteiger partial charge on any atom is -0.0654 e. The highest BCUT2D eigenvalue weighted by Gasteiger charge is 2.36. The molecule has 0 heteroatoms. The average Bonchev–Trinajstić information content (AvgIpc) is 3.03. The molecule has 0 amide bonds. The molecule has 1 atom stereocenters. The van der Waals surface area contributed by atoms with Gasteiger partial charge in [0, 0.05) is 0 Å². The summed E-state index contributed by atoms with van der Waals surface area (Å²) >= 11 is 0. The molecule has 0 nitrogen and oxygen atoms in total. The molecule has 1 unspecified atom stereocenters. The van der Waals surface area contributed by atoms with Crippen LogP contribution in [0.4, 0.5) is 0 Å². The van der Waals surface area contributed by atoms with E-state index in [-0.39, 0.29) is 0 Å². The third-order valence-electron chi connectivity index (χ3n) is 5.12. The van der Waals surface area contributed by atoms with Crippen LogP contribution >= 0.6 is 0 Å². The molecular weight excluding hydrogens is 204 g/mol. The van der Waals surface area contributed by atoms with Crippen molar-refractivity contribution in [3.05, 3.63) is 0 Å². The Labute approximate surface area is 109 Å². The first-order valence-corrected chi connectivity index (χ1v) is 8.42. The van der Waals surface area contributed by atoms with E-state index in [2.05, 4.69) is 6.92 Å². The van der Waals surface area contributed by atoms with Crippen LogP contribution in [0, 0.1) is 17.8 Å². The summed E-state index contributed by atoms with van der Waals surface area (Å²) in [5.41, 5.74) is 0. The zero-order chi connectivity index (χ0) is 11.9. The first-order chi connectivity index (χ1) is 8.42. The topological polar surface area (TPSA) is 0 Å². The fourth-order valence-electron chi connectivity index (χ4n) is 3.93. The largest absolute Gasteiger partial charge is 0.0654 e. The number of hydrogen-bond acceptors (Lipinski definition) is 0. The molecule has 0 heterocycles. The van der Waals surface area contributed by atoms with Gasteiger partial charge in [-0.15, -0.1) is 0 Å². The highest BCUT2D eigenvalue weighted by molar-refractivity contribution is 4.87. The lowest BCUT2D eigenvalue weighted by Crippen LogP contribution is -2.14. The Hall–Kier alpha value is 0. The van der Waals surface area contributed by atoms with E-state index < -0.39 is 0 Å². The zero-order valence-electron chi connectivity index (χ0n) is 11.9. The van der Waals surface area contributed by atoms with Crippen LogP contribution in [0.3, 0.4) is 0 Å². The lowest BCUT2D eigenvalue weighted by atomic mass is 9.83. The van der Waals surface area contributed by atoms with E-state index in [4.69, 9.17) is 0 Å². The summed E-state index contributed by atoms with van der Waals surface area (Å²) in [6.07, 6.45) is 19.8. The van der Waals surface area contributed by atoms with E-state index in [0.29, 0.717) is 0 Å². The van der Waals surface area contributed by atoms with E-state index in [1.165, 1.54) is 51.4 Å². The molecule has 2 aliphatic carbocycles. The van der Waals surface area contributed by atoms with Gasteiger partial charge in [-0.1, -0.05) is 71.1 Å². The molecule has 2 fully saturated rings. The van der Waals surface area contributed by atoms with Gasteiger partial charge in [-0.3, -0.25) is 0 Å². The first-order valence-electron chi connectivity index (χ1n) is 8.42. The van der Waals surface area contributed by atoms with Gasteiger partial charge in [0.2, 0.25) is 0 Å². The molecule has 0 spiro atoms. The molecule has 0 N–H and O–H groups in total. The third kappa shape index (κ3) is 4.64. The second-order valence-electron chi connectivity index (χ2n) is 6.60. The summed E-state index contributed by atoms with van der Waals surface area (Å²) in [6.45, 7) is 2.31. The normalized spacial score (nSPS) is 23.1. The fourth-order valence-corrected chi connectivity index (χ4v) is 3.93. The van der Waals surface area contributed by atoms with Crippen LogP contribution in [0.25, 0.3) is 0 Å². The Bertz CT molecular complexity index is 186. The van der Waals surface area contributed by atoms with Crippen LogP contribution < -0.4 is 0 Å². The van der Waals surface area contributed by atoms with Crippen molar-refractivity contribution >= 4 is 0 Å². The molecule has 0 radical (unpaired) electrons. The standard InChI is InChI=1S/C17H32/c1-2-3-4-5-6-7-12-17(16-13-14-16)15-10-8-9-11-15/h15-17H,2-14H2,1H3. The summed E-state index contributed by atoms with van der Waals surface area (Å²) in [4.78, 5) is 0. The van der Waals surface area contributed by atoms with Gasteiger partial charge in [0.25, 0.3) is 0 Å². The van der Waals surface area contributed by atoms with Crippen LogP contribution in [-0.2, 0) is 0 Å². The van der Waals surface area contributed by atoms with Crippen molar-refractivity contribution in [2.24, 2.45) is 17.8 Å². The minimum atomic E-state index is 1.14. The molecule has 2 saturated carbocycles. The van der Waals surface area contributed by atoms with E-state index in [9.17, 15) is 0 Å². The average molecular weight is 236 g/mol. The van der Waals surface area contributed by atoms with E-state index >= 15 is 0 Å². The van der Waals surface area contributed by atoms with Crippen LogP contribution in [0.5, 0.6) is 0 Å².